The molecule has 4 heteroatoms. The van der Waals surface area contributed by atoms with Crippen molar-refractivity contribution in [1.29, 1.82) is 0 Å². The Bertz CT molecular complexity index is 609. The van der Waals surface area contributed by atoms with Gasteiger partial charge in [-0.05, 0) is 19.1 Å². The number of hydrogen-bond donors (Lipinski definition) is 0. The largest absolute Gasteiger partial charge is 0.430 e. The number of benzene rings is 1. The molecule has 1 aromatic carbocycles. The van der Waals surface area contributed by atoms with Gasteiger partial charge in [0, 0.05) is 13.1 Å². The molecular weight excluding hydrogens is 204 g/mol. The summed E-state index contributed by atoms with van der Waals surface area (Å²) in [5.74, 6) is 0.554. The Hall–Kier alpha value is -2.10. The average molecular weight is 216 g/mol. The molecule has 0 aliphatic heterocycles. The Morgan fingerprint density at radius 2 is 1.94 bits per heavy atom. The number of nitrogens with zero attached hydrogens (tertiary/aromatic N) is 2. The van der Waals surface area contributed by atoms with E-state index in [1.807, 2.05) is 30.3 Å². The second kappa shape index (κ2) is 4.18. The van der Waals surface area contributed by atoms with Crippen LogP contribution in [0.25, 0.3) is 0 Å². The Morgan fingerprint density at radius 1 is 1.25 bits per heavy atom. The highest BCUT2D eigenvalue weighted by Crippen LogP contribution is 2.07. The summed E-state index contributed by atoms with van der Waals surface area (Å²) in [5.41, 5.74) is 0.932. The molecule has 1 heterocycles. The fraction of sp³-hybridized carbons (Fsp3) is 0.167. The Morgan fingerprint density at radius 3 is 2.62 bits per heavy atom. The summed E-state index contributed by atoms with van der Waals surface area (Å²) in [7, 11) is 1.63. The third-order valence-electron chi connectivity index (χ3n) is 2.18. The van der Waals surface area contributed by atoms with Gasteiger partial charge in [0.15, 0.2) is 0 Å². The Labute approximate surface area is 92.5 Å². The third kappa shape index (κ3) is 2.11. The molecule has 0 aliphatic rings. The number of aryl methyl sites for hydroxylation is 1. The van der Waals surface area contributed by atoms with Crippen LogP contribution in [0.1, 0.15) is 5.76 Å². The highest BCUT2D eigenvalue weighted by Gasteiger charge is 1.98. The van der Waals surface area contributed by atoms with E-state index in [4.69, 9.17) is 4.42 Å². The molecule has 0 amide bonds. The molecule has 0 unspecified atom stereocenters. The number of aromatic nitrogens is 1. The average Bonchev–Trinajstić information content (AvgIpc) is 2.27. The second-order valence-electron chi connectivity index (χ2n) is 3.48. The molecular formula is C12H12N2O2. The summed E-state index contributed by atoms with van der Waals surface area (Å²) in [5, 5.41) is 0. The fourth-order valence-electron chi connectivity index (χ4n) is 1.32. The summed E-state index contributed by atoms with van der Waals surface area (Å²) >= 11 is 0. The lowest BCUT2D eigenvalue weighted by Crippen LogP contribution is -2.30. The zero-order chi connectivity index (χ0) is 11.5. The zero-order valence-corrected chi connectivity index (χ0v) is 9.18. The van der Waals surface area contributed by atoms with E-state index in [1.54, 1.807) is 14.0 Å². The van der Waals surface area contributed by atoms with E-state index < -0.39 is 0 Å². The van der Waals surface area contributed by atoms with Crippen LogP contribution in [0.2, 0.25) is 0 Å². The lowest BCUT2D eigenvalue weighted by molar-refractivity contribution is 0.404. The topological polar surface area (TPSA) is 47.5 Å². The van der Waals surface area contributed by atoms with Crippen molar-refractivity contribution >= 4 is 5.69 Å². The maximum atomic E-state index is 11.5. The molecule has 0 saturated heterocycles. The predicted octanol–water partition coefficient (Wildman–Crippen LogP) is 1.52. The van der Waals surface area contributed by atoms with Crippen LogP contribution in [0.15, 0.2) is 50.6 Å². The monoisotopic (exact) mass is 216 g/mol. The first-order chi connectivity index (χ1) is 7.66. The molecule has 0 fully saturated rings. The third-order valence-corrected chi connectivity index (χ3v) is 2.18. The van der Waals surface area contributed by atoms with Gasteiger partial charge in [0.05, 0.1) is 5.69 Å². The molecule has 2 rings (SSSR count). The van der Waals surface area contributed by atoms with Crippen LogP contribution in [0.4, 0.5) is 5.69 Å². The van der Waals surface area contributed by atoms with Crippen LogP contribution in [0, 0.1) is 6.92 Å². The van der Waals surface area contributed by atoms with Crippen molar-refractivity contribution in [3.05, 3.63) is 58.2 Å². The quantitative estimate of drug-likeness (QED) is 0.725. The minimum atomic E-state index is -0.126. The summed E-state index contributed by atoms with van der Waals surface area (Å²) in [4.78, 5) is 15.8. The van der Waals surface area contributed by atoms with E-state index in [2.05, 4.69) is 4.99 Å². The van der Waals surface area contributed by atoms with Gasteiger partial charge in [-0.25, -0.2) is 0 Å². The van der Waals surface area contributed by atoms with E-state index >= 15 is 0 Å². The van der Waals surface area contributed by atoms with Gasteiger partial charge in [-0.15, -0.1) is 0 Å². The van der Waals surface area contributed by atoms with Crippen molar-refractivity contribution in [2.75, 3.05) is 0 Å². The molecule has 82 valence electrons. The van der Waals surface area contributed by atoms with Gasteiger partial charge in [-0.2, -0.15) is 4.99 Å². The normalized spacial score (nSPS) is 11.8. The number of hydrogen-bond acceptors (Lipinski definition) is 3. The predicted molar refractivity (Wildman–Crippen MR) is 60.4 cm³/mol. The van der Waals surface area contributed by atoms with Gasteiger partial charge < -0.3 is 4.42 Å². The van der Waals surface area contributed by atoms with Crippen molar-refractivity contribution in [3.63, 3.8) is 0 Å². The summed E-state index contributed by atoms with van der Waals surface area (Å²) < 4.78 is 6.76. The minimum Gasteiger partial charge on any atom is -0.430 e. The molecule has 0 saturated carbocycles. The van der Waals surface area contributed by atoms with Crippen LogP contribution < -0.4 is 11.2 Å². The van der Waals surface area contributed by atoms with Gasteiger partial charge in [0.1, 0.15) is 5.76 Å². The zero-order valence-electron chi connectivity index (χ0n) is 9.18. The van der Waals surface area contributed by atoms with E-state index in [-0.39, 0.29) is 5.56 Å². The Balaban J connectivity index is 2.65. The van der Waals surface area contributed by atoms with Crippen LogP contribution >= 0.6 is 0 Å². The molecule has 16 heavy (non-hydrogen) atoms. The van der Waals surface area contributed by atoms with Crippen molar-refractivity contribution in [2.24, 2.45) is 12.0 Å². The van der Waals surface area contributed by atoms with Crippen LogP contribution in [0.5, 0.6) is 0 Å². The van der Waals surface area contributed by atoms with Crippen molar-refractivity contribution < 1.29 is 4.42 Å². The maximum Gasteiger partial charge on any atom is 0.304 e. The maximum absolute atomic E-state index is 11.5. The number of rotatable bonds is 1. The van der Waals surface area contributed by atoms with Crippen molar-refractivity contribution in [2.45, 2.75) is 6.92 Å². The van der Waals surface area contributed by atoms with E-state index in [9.17, 15) is 4.79 Å². The van der Waals surface area contributed by atoms with Crippen LogP contribution in [0.3, 0.4) is 0 Å². The van der Waals surface area contributed by atoms with Crippen molar-refractivity contribution in [1.82, 2.24) is 4.57 Å². The number of para-hydroxylation sites is 1. The van der Waals surface area contributed by atoms with Gasteiger partial charge in [0.2, 0.25) is 0 Å². The smallest absolute Gasteiger partial charge is 0.304 e. The Kier molecular flexibility index (Phi) is 2.72. The van der Waals surface area contributed by atoms with Gasteiger partial charge in [-0.3, -0.25) is 9.36 Å². The standard InChI is InChI=1S/C12H12N2O2/c1-9-8-11(15)14(2)12(16-9)13-10-6-4-3-5-7-10/h3-8H,1-2H3. The molecule has 0 N–H and O–H groups in total. The first-order valence-corrected chi connectivity index (χ1v) is 4.94. The molecule has 0 bridgehead atoms. The molecule has 1 aromatic heterocycles. The molecule has 2 aromatic rings. The summed E-state index contributed by atoms with van der Waals surface area (Å²) in [6.07, 6.45) is 0. The van der Waals surface area contributed by atoms with E-state index in [1.165, 1.54) is 10.6 Å². The molecule has 4 nitrogen and oxygen atoms in total. The molecule has 0 aliphatic carbocycles. The second-order valence-corrected chi connectivity index (χ2v) is 3.48. The van der Waals surface area contributed by atoms with Gasteiger partial charge in [0.25, 0.3) is 5.56 Å². The molecule has 0 atom stereocenters. The van der Waals surface area contributed by atoms with Gasteiger partial charge in [-0.1, -0.05) is 18.2 Å². The van der Waals surface area contributed by atoms with Crippen LogP contribution in [-0.2, 0) is 7.05 Å². The minimum absolute atomic E-state index is 0.126. The lowest BCUT2D eigenvalue weighted by Gasteiger charge is -1.99. The molecule has 0 radical (unpaired) electrons. The SMILES string of the molecule is Cc1cc(=O)n(C)c(=Nc2ccccc2)o1. The lowest BCUT2D eigenvalue weighted by atomic mass is 10.3. The van der Waals surface area contributed by atoms with E-state index in [0.29, 0.717) is 11.4 Å². The highest BCUT2D eigenvalue weighted by molar-refractivity contribution is 5.35. The summed E-state index contributed by atoms with van der Waals surface area (Å²) in [6.45, 7) is 1.73. The fourth-order valence-corrected chi connectivity index (χ4v) is 1.32. The van der Waals surface area contributed by atoms with Crippen molar-refractivity contribution in [3.8, 4) is 0 Å². The molecule has 0 spiro atoms. The summed E-state index contributed by atoms with van der Waals surface area (Å²) in [6, 6.07) is 10.8. The van der Waals surface area contributed by atoms with E-state index in [0.717, 1.165) is 5.69 Å². The highest BCUT2D eigenvalue weighted by atomic mass is 16.3. The first kappa shape index (κ1) is 10.4. The van der Waals surface area contributed by atoms with Crippen LogP contribution in [-0.4, -0.2) is 4.57 Å². The van der Waals surface area contributed by atoms with Gasteiger partial charge >= 0.3 is 5.68 Å². The first-order valence-electron chi connectivity index (χ1n) is 4.94.